The zero-order chi connectivity index (χ0) is 16.4. The summed E-state index contributed by atoms with van der Waals surface area (Å²) in [5.74, 6) is -0.0216. The van der Waals surface area contributed by atoms with Gasteiger partial charge in [-0.3, -0.25) is 9.78 Å². The Hall–Kier alpha value is -2.64. The molecule has 1 saturated heterocycles. The van der Waals surface area contributed by atoms with E-state index in [0.717, 1.165) is 12.3 Å². The third kappa shape index (κ3) is 3.41. The van der Waals surface area contributed by atoms with E-state index in [1.807, 2.05) is 0 Å². The third-order valence-electron chi connectivity index (χ3n) is 3.41. The lowest BCUT2D eigenvalue weighted by Gasteiger charge is -2.38. The Kier molecular flexibility index (Phi) is 3.89. The van der Waals surface area contributed by atoms with Gasteiger partial charge in [0.2, 0.25) is 5.88 Å². The lowest BCUT2D eigenvalue weighted by atomic mass is 10.1. The summed E-state index contributed by atoms with van der Waals surface area (Å²) in [6, 6.07) is 5.33. The first-order valence-corrected chi connectivity index (χ1v) is 6.83. The molecule has 0 aliphatic carbocycles. The van der Waals surface area contributed by atoms with Crippen LogP contribution in [0, 0.1) is 0 Å². The molecule has 1 fully saturated rings. The molecule has 0 radical (unpaired) electrons. The topological polar surface area (TPSA) is 55.3 Å². The van der Waals surface area contributed by atoms with Gasteiger partial charge in [0.15, 0.2) is 0 Å². The molecular formula is C15H12F3N3O2. The number of nitrogens with zero attached hydrogens (tertiary/aromatic N) is 3. The molecule has 0 bridgehead atoms. The number of likely N-dealkylation sites (tertiary alicyclic amines) is 1. The van der Waals surface area contributed by atoms with Gasteiger partial charge in [-0.2, -0.15) is 13.2 Å². The Balaban J connectivity index is 1.53. The van der Waals surface area contributed by atoms with Gasteiger partial charge in [0.25, 0.3) is 5.91 Å². The lowest BCUT2D eigenvalue weighted by molar-refractivity contribution is -0.137. The molecule has 0 aromatic carbocycles. The Morgan fingerprint density at radius 2 is 1.87 bits per heavy atom. The van der Waals surface area contributed by atoms with Crippen LogP contribution in [-0.4, -0.2) is 40.0 Å². The number of alkyl halides is 3. The van der Waals surface area contributed by atoms with Crippen LogP contribution >= 0.6 is 0 Å². The van der Waals surface area contributed by atoms with Crippen LogP contribution in [0.4, 0.5) is 13.2 Å². The minimum Gasteiger partial charge on any atom is -0.471 e. The fourth-order valence-electron chi connectivity index (χ4n) is 2.14. The predicted molar refractivity (Wildman–Crippen MR) is 73.8 cm³/mol. The summed E-state index contributed by atoms with van der Waals surface area (Å²) in [6.45, 7) is 0.730. The molecule has 1 aliphatic heterocycles. The first kappa shape index (κ1) is 15.3. The number of hydrogen-bond donors (Lipinski definition) is 0. The normalized spacial score (nSPS) is 15.2. The minimum absolute atomic E-state index is 0.110. The molecule has 23 heavy (non-hydrogen) atoms. The Morgan fingerprint density at radius 1 is 1.17 bits per heavy atom. The number of amides is 1. The fourth-order valence-corrected chi connectivity index (χ4v) is 2.14. The molecule has 1 aliphatic rings. The van der Waals surface area contributed by atoms with Gasteiger partial charge in [0.05, 0.1) is 18.7 Å². The highest BCUT2D eigenvalue weighted by molar-refractivity contribution is 5.94. The van der Waals surface area contributed by atoms with E-state index in [1.54, 1.807) is 17.0 Å². The number of ether oxygens (including phenoxy) is 1. The van der Waals surface area contributed by atoms with Gasteiger partial charge in [0.1, 0.15) is 6.10 Å². The van der Waals surface area contributed by atoms with Crippen molar-refractivity contribution in [2.75, 3.05) is 13.1 Å². The highest BCUT2D eigenvalue weighted by Gasteiger charge is 2.34. The third-order valence-corrected chi connectivity index (χ3v) is 3.41. The first-order chi connectivity index (χ1) is 10.9. The molecular weight excluding hydrogens is 311 g/mol. The van der Waals surface area contributed by atoms with Gasteiger partial charge in [-0.25, -0.2) is 4.98 Å². The van der Waals surface area contributed by atoms with Crippen molar-refractivity contribution >= 4 is 5.91 Å². The molecule has 5 nitrogen and oxygen atoms in total. The standard InChI is InChI=1S/C15H12F3N3O2/c16-15(17,18)11-1-2-13(20-7-11)23-12-8-21(9-12)14(22)10-3-5-19-6-4-10/h1-7,12H,8-9H2. The van der Waals surface area contributed by atoms with E-state index in [-0.39, 0.29) is 17.9 Å². The Morgan fingerprint density at radius 3 is 2.43 bits per heavy atom. The van der Waals surface area contributed by atoms with E-state index in [0.29, 0.717) is 18.7 Å². The van der Waals surface area contributed by atoms with E-state index < -0.39 is 11.7 Å². The first-order valence-electron chi connectivity index (χ1n) is 6.83. The zero-order valence-corrected chi connectivity index (χ0v) is 11.8. The highest BCUT2D eigenvalue weighted by atomic mass is 19.4. The molecule has 3 rings (SSSR count). The van der Waals surface area contributed by atoms with Crippen LogP contribution < -0.4 is 4.74 Å². The maximum absolute atomic E-state index is 12.4. The molecule has 0 saturated carbocycles. The number of rotatable bonds is 3. The molecule has 0 atom stereocenters. The fraction of sp³-hybridized carbons (Fsp3) is 0.267. The molecule has 0 N–H and O–H groups in total. The van der Waals surface area contributed by atoms with Crippen LogP contribution in [0.2, 0.25) is 0 Å². The number of halogens is 3. The lowest BCUT2D eigenvalue weighted by Crippen LogP contribution is -2.56. The van der Waals surface area contributed by atoms with Gasteiger partial charge >= 0.3 is 6.18 Å². The molecule has 0 spiro atoms. The van der Waals surface area contributed by atoms with Gasteiger partial charge in [-0.1, -0.05) is 0 Å². The van der Waals surface area contributed by atoms with Crippen molar-refractivity contribution in [1.29, 1.82) is 0 Å². The summed E-state index contributed by atoms with van der Waals surface area (Å²) < 4.78 is 42.7. The summed E-state index contributed by atoms with van der Waals surface area (Å²) in [4.78, 5) is 21.2. The van der Waals surface area contributed by atoms with Crippen molar-refractivity contribution in [2.24, 2.45) is 0 Å². The van der Waals surface area contributed by atoms with E-state index in [2.05, 4.69) is 9.97 Å². The van der Waals surface area contributed by atoms with E-state index in [1.165, 1.54) is 18.5 Å². The number of carbonyl (C=O) groups is 1. The van der Waals surface area contributed by atoms with Crippen LogP contribution in [-0.2, 0) is 6.18 Å². The maximum Gasteiger partial charge on any atom is 0.417 e. The molecule has 120 valence electrons. The molecule has 2 aromatic heterocycles. The summed E-state index contributed by atoms with van der Waals surface area (Å²) in [5.41, 5.74) is -0.293. The minimum atomic E-state index is -4.42. The summed E-state index contributed by atoms with van der Waals surface area (Å²) in [6.07, 6.45) is -0.894. The molecule has 3 heterocycles. The van der Waals surface area contributed by atoms with E-state index in [4.69, 9.17) is 4.74 Å². The molecule has 2 aromatic rings. The number of hydrogen-bond acceptors (Lipinski definition) is 4. The van der Waals surface area contributed by atoms with E-state index >= 15 is 0 Å². The van der Waals surface area contributed by atoms with Crippen LogP contribution in [0.3, 0.4) is 0 Å². The number of aromatic nitrogens is 2. The molecule has 8 heteroatoms. The quantitative estimate of drug-likeness (QED) is 0.870. The van der Waals surface area contributed by atoms with Crippen molar-refractivity contribution < 1.29 is 22.7 Å². The molecule has 0 unspecified atom stereocenters. The highest BCUT2D eigenvalue weighted by Crippen LogP contribution is 2.29. The van der Waals surface area contributed by atoms with Crippen molar-refractivity contribution in [3.05, 3.63) is 54.0 Å². The molecule has 1 amide bonds. The average molecular weight is 323 g/mol. The van der Waals surface area contributed by atoms with Crippen molar-refractivity contribution in [3.63, 3.8) is 0 Å². The van der Waals surface area contributed by atoms with Crippen LogP contribution in [0.25, 0.3) is 0 Å². The van der Waals surface area contributed by atoms with Crippen LogP contribution in [0.1, 0.15) is 15.9 Å². The maximum atomic E-state index is 12.4. The SMILES string of the molecule is O=C(c1ccncc1)N1CC(Oc2ccc(C(F)(F)F)cn2)C1. The zero-order valence-electron chi connectivity index (χ0n) is 11.8. The summed E-state index contributed by atoms with van der Waals surface area (Å²) in [7, 11) is 0. The number of pyridine rings is 2. The van der Waals surface area contributed by atoms with Crippen molar-refractivity contribution in [3.8, 4) is 5.88 Å². The van der Waals surface area contributed by atoms with Crippen molar-refractivity contribution in [2.45, 2.75) is 12.3 Å². The van der Waals surface area contributed by atoms with Gasteiger partial charge in [-0.15, -0.1) is 0 Å². The monoisotopic (exact) mass is 323 g/mol. The second-order valence-electron chi connectivity index (χ2n) is 5.07. The Labute approximate surface area is 129 Å². The number of carbonyl (C=O) groups excluding carboxylic acids is 1. The predicted octanol–water partition coefficient (Wildman–Crippen LogP) is 2.40. The second kappa shape index (κ2) is 5.86. The van der Waals surface area contributed by atoms with Gasteiger partial charge < -0.3 is 9.64 Å². The van der Waals surface area contributed by atoms with Gasteiger partial charge in [-0.05, 0) is 18.2 Å². The van der Waals surface area contributed by atoms with Gasteiger partial charge in [0, 0.05) is 30.2 Å². The summed E-state index contributed by atoms with van der Waals surface area (Å²) >= 11 is 0. The largest absolute Gasteiger partial charge is 0.471 e. The van der Waals surface area contributed by atoms with E-state index in [9.17, 15) is 18.0 Å². The Bertz CT molecular complexity index is 683. The smallest absolute Gasteiger partial charge is 0.417 e. The summed E-state index contributed by atoms with van der Waals surface area (Å²) in [5, 5.41) is 0. The van der Waals surface area contributed by atoms with Crippen LogP contribution in [0.15, 0.2) is 42.9 Å². The second-order valence-corrected chi connectivity index (χ2v) is 5.07. The van der Waals surface area contributed by atoms with Crippen LogP contribution in [0.5, 0.6) is 5.88 Å². The average Bonchev–Trinajstić information content (AvgIpc) is 2.50. The van der Waals surface area contributed by atoms with Crippen molar-refractivity contribution in [1.82, 2.24) is 14.9 Å².